The second-order valence-electron chi connectivity index (χ2n) is 5.21. The van der Waals surface area contributed by atoms with Gasteiger partial charge < -0.3 is 14.8 Å². The lowest BCUT2D eigenvalue weighted by molar-refractivity contribution is 0.139. The largest absolute Gasteiger partial charge is 0.497 e. The van der Waals surface area contributed by atoms with Crippen molar-refractivity contribution in [1.29, 1.82) is 0 Å². The van der Waals surface area contributed by atoms with Crippen LogP contribution in [-0.4, -0.2) is 26.9 Å². The average molecular weight is 265 g/mol. The van der Waals surface area contributed by atoms with E-state index in [4.69, 9.17) is 9.47 Å². The molecule has 108 valence electrons. The third-order valence-electron chi connectivity index (χ3n) is 3.49. The van der Waals surface area contributed by atoms with Gasteiger partial charge in [-0.15, -0.1) is 0 Å². The first-order chi connectivity index (χ1) is 9.12. The van der Waals surface area contributed by atoms with E-state index in [1.165, 1.54) is 5.56 Å². The lowest BCUT2D eigenvalue weighted by Gasteiger charge is -2.27. The fourth-order valence-electron chi connectivity index (χ4n) is 2.16. The third kappa shape index (κ3) is 4.84. The first-order valence-electron chi connectivity index (χ1n) is 7.01. The predicted octanol–water partition coefficient (Wildman–Crippen LogP) is 3.41. The maximum atomic E-state index is 5.30. The second kappa shape index (κ2) is 8.18. The molecule has 19 heavy (non-hydrogen) atoms. The molecular formula is C16H27NO2. The molecule has 0 fully saturated rings. The number of nitrogens with one attached hydrogen (secondary N) is 1. The average Bonchev–Trinajstić information content (AvgIpc) is 2.43. The third-order valence-corrected chi connectivity index (χ3v) is 3.49. The van der Waals surface area contributed by atoms with Crippen molar-refractivity contribution >= 4 is 0 Å². The van der Waals surface area contributed by atoms with Gasteiger partial charge in [-0.25, -0.2) is 0 Å². The number of hydrogen-bond donors (Lipinski definition) is 1. The van der Waals surface area contributed by atoms with Gasteiger partial charge in [-0.05, 0) is 30.0 Å². The van der Waals surface area contributed by atoms with E-state index in [1.807, 2.05) is 12.1 Å². The van der Waals surface area contributed by atoms with Crippen molar-refractivity contribution in [1.82, 2.24) is 5.32 Å². The van der Waals surface area contributed by atoms with E-state index in [9.17, 15) is 0 Å². The van der Waals surface area contributed by atoms with Crippen LogP contribution in [0.2, 0.25) is 0 Å². The van der Waals surface area contributed by atoms with Gasteiger partial charge in [0.1, 0.15) is 5.75 Å². The minimum absolute atomic E-state index is 0.355. The molecule has 0 bridgehead atoms. The normalized spacial score (nSPS) is 14.4. The van der Waals surface area contributed by atoms with Gasteiger partial charge in [0.25, 0.3) is 0 Å². The minimum Gasteiger partial charge on any atom is -0.497 e. The van der Waals surface area contributed by atoms with Gasteiger partial charge in [0, 0.05) is 19.2 Å². The molecule has 1 N–H and O–H groups in total. The highest BCUT2D eigenvalue weighted by Gasteiger charge is 2.18. The molecule has 2 atom stereocenters. The number of benzene rings is 1. The SMILES string of the molecule is CCC(NC(COC)C(C)C)c1ccc(OC)cc1. The molecular weight excluding hydrogens is 238 g/mol. The van der Waals surface area contributed by atoms with Crippen molar-refractivity contribution in [3.05, 3.63) is 29.8 Å². The summed E-state index contributed by atoms with van der Waals surface area (Å²) in [4.78, 5) is 0. The molecule has 0 heterocycles. The zero-order chi connectivity index (χ0) is 14.3. The lowest BCUT2D eigenvalue weighted by atomic mass is 9.99. The predicted molar refractivity (Wildman–Crippen MR) is 79.7 cm³/mol. The smallest absolute Gasteiger partial charge is 0.118 e. The molecule has 2 unspecified atom stereocenters. The fraction of sp³-hybridized carbons (Fsp3) is 0.625. The maximum Gasteiger partial charge on any atom is 0.118 e. The van der Waals surface area contributed by atoms with Crippen LogP contribution in [0.5, 0.6) is 5.75 Å². The second-order valence-corrected chi connectivity index (χ2v) is 5.21. The van der Waals surface area contributed by atoms with Gasteiger partial charge in [0.2, 0.25) is 0 Å². The van der Waals surface area contributed by atoms with Crippen molar-refractivity contribution in [2.24, 2.45) is 5.92 Å². The quantitative estimate of drug-likeness (QED) is 0.781. The van der Waals surface area contributed by atoms with Gasteiger partial charge >= 0.3 is 0 Å². The Morgan fingerprint density at radius 3 is 2.16 bits per heavy atom. The summed E-state index contributed by atoms with van der Waals surface area (Å²) in [5.74, 6) is 1.45. The van der Waals surface area contributed by atoms with Gasteiger partial charge in [0.05, 0.1) is 13.7 Å². The molecule has 1 aromatic rings. The van der Waals surface area contributed by atoms with E-state index in [-0.39, 0.29) is 0 Å². The monoisotopic (exact) mass is 265 g/mol. The summed E-state index contributed by atoms with van der Waals surface area (Å²) in [5, 5.41) is 3.69. The highest BCUT2D eigenvalue weighted by Crippen LogP contribution is 2.21. The molecule has 0 saturated carbocycles. The number of rotatable bonds is 8. The van der Waals surface area contributed by atoms with Crippen molar-refractivity contribution < 1.29 is 9.47 Å². The summed E-state index contributed by atoms with van der Waals surface area (Å²) in [6.45, 7) is 7.38. The molecule has 3 nitrogen and oxygen atoms in total. The first-order valence-corrected chi connectivity index (χ1v) is 7.01. The summed E-state index contributed by atoms with van der Waals surface area (Å²) in [7, 11) is 3.45. The van der Waals surface area contributed by atoms with E-state index >= 15 is 0 Å². The Kier molecular flexibility index (Phi) is 6.89. The molecule has 0 aliphatic heterocycles. The summed E-state index contributed by atoms with van der Waals surface area (Å²) in [5.41, 5.74) is 1.30. The van der Waals surface area contributed by atoms with E-state index in [0.717, 1.165) is 18.8 Å². The highest BCUT2D eigenvalue weighted by molar-refractivity contribution is 5.29. The van der Waals surface area contributed by atoms with Gasteiger partial charge in [-0.3, -0.25) is 0 Å². The van der Waals surface area contributed by atoms with Crippen LogP contribution in [0, 0.1) is 5.92 Å². The van der Waals surface area contributed by atoms with Gasteiger partial charge in [-0.1, -0.05) is 32.9 Å². The van der Waals surface area contributed by atoms with Crippen molar-refractivity contribution in [3.8, 4) is 5.75 Å². The zero-order valence-electron chi connectivity index (χ0n) is 12.8. The van der Waals surface area contributed by atoms with E-state index < -0.39 is 0 Å². The minimum atomic E-state index is 0.355. The molecule has 0 spiro atoms. The molecule has 1 aromatic carbocycles. The maximum absolute atomic E-state index is 5.30. The molecule has 0 saturated heterocycles. The van der Waals surface area contributed by atoms with E-state index in [0.29, 0.717) is 18.0 Å². The number of hydrogen-bond acceptors (Lipinski definition) is 3. The van der Waals surface area contributed by atoms with Crippen molar-refractivity contribution in [3.63, 3.8) is 0 Å². The molecule has 0 amide bonds. The summed E-state index contributed by atoms with van der Waals surface area (Å²) >= 11 is 0. The van der Waals surface area contributed by atoms with Crippen LogP contribution < -0.4 is 10.1 Å². The lowest BCUT2D eigenvalue weighted by Crippen LogP contribution is -2.40. The topological polar surface area (TPSA) is 30.5 Å². The highest BCUT2D eigenvalue weighted by atomic mass is 16.5. The van der Waals surface area contributed by atoms with Crippen LogP contribution in [0.3, 0.4) is 0 Å². The summed E-state index contributed by atoms with van der Waals surface area (Å²) in [6, 6.07) is 9.01. The molecule has 0 radical (unpaired) electrons. The Hall–Kier alpha value is -1.06. The Balaban J connectivity index is 2.74. The molecule has 0 aliphatic rings. The summed E-state index contributed by atoms with van der Waals surface area (Å²) < 4.78 is 10.5. The van der Waals surface area contributed by atoms with E-state index in [2.05, 4.69) is 38.2 Å². The van der Waals surface area contributed by atoms with Crippen LogP contribution in [-0.2, 0) is 4.74 Å². The van der Waals surface area contributed by atoms with Crippen molar-refractivity contribution in [2.75, 3.05) is 20.8 Å². The van der Waals surface area contributed by atoms with E-state index in [1.54, 1.807) is 14.2 Å². The van der Waals surface area contributed by atoms with Crippen molar-refractivity contribution in [2.45, 2.75) is 39.3 Å². The molecule has 0 aromatic heterocycles. The molecule has 0 aliphatic carbocycles. The Bertz CT molecular complexity index is 348. The number of ether oxygens (including phenoxy) is 2. The first kappa shape index (κ1) is 16.0. The zero-order valence-corrected chi connectivity index (χ0v) is 12.8. The standard InChI is InChI=1S/C16H27NO2/c1-6-15(17-16(11-18-4)12(2)3)13-7-9-14(19-5)10-8-13/h7-10,12,15-17H,6,11H2,1-5H3. The number of methoxy groups -OCH3 is 2. The van der Waals surface area contributed by atoms with Crippen LogP contribution in [0.25, 0.3) is 0 Å². The Morgan fingerprint density at radius 1 is 1.11 bits per heavy atom. The fourth-order valence-corrected chi connectivity index (χ4v) is 2.16. The van der Waals surface area contributed by atoms with Crippen LogP contribution in [0.1, 0.15) is 38.8 Å². The Morgan fingerprint density at radius 2 is 1.74 bits per heavy atom. The van der Waals surface area contributed by atoms with Crippen LogP contribution in [0.15, 0.2) is 24.3 Å². The van der Waals surface area contributed by atoms with Gasteiger partial charge in [0.15, 0.2) is 0 Å². The van der Waals surface area contributed by atoms with Crippen LogP contribution >= 0.6 is 0 Å². The Labute approximate surface area is 117 Å². The van der Waals surface area contributed by atoms with Gasteiger partial charge in [-0.2, -0.15) is 0 Å². The molecule has 3 heteroatoms. The van der Waals surface area contributed by atoms with Crippen LogP contribution in [0.4, 0.5) is 0 Å². The summed E-state index contributed by atoms with van der Waals surface area (Å²) in [6.07, 6.45) is 1.05. The molecule has 1 rings (SSSR count).